The highest BCUT2D eigenvalue weighted by Crippen LogP contribution is 2.18. The fourth-order valence-corrected chi connectivity index (χ4v) is 3.69. The van der Waals surface area contributed by atoms with Crippen molar-refractivity contribution in [2.75, 3.05) is 39.3 Å². The van der Waals surface area contributed by atoms with Gasteiger partial charge in [-0.2, -0.15) is 0 Å². The quantitative estimate of drug-likeness (QED) is 0.891. The molecule has 1 N–H and O–H groups in total. The maximum Gasteiger partial charge on any atom is 0.276 e. The second kappa shape index (κ2) is 6.93. The molecule has 132 valence electrons. The van der Waals surface area contributed by atoms with Crippen molar-refractivity contribution in [2.45, 2.75) is 19.4 Å². The molecule has 4 rings (SSSR count). The average molecular weight is 340 g/mol. The summed E-state index contributed by atoms with van der Waals surface area (Å²) in [6.07, 6.45) is 2.77. The number of carbonyl (C=O) groups excluding carboxylic acids is 1. The fraction of sp³-hybridized carbons (Fsp3) is 0.500. The number of piperazine rings is 1. The van der Waals surface area contributed by atoms with Gasteiger partial charge in [-0.25, -0.2) is 4.68 Å². The minimum absolute atomic E-state index is 0.0171. The number of hydrogen-bond acceptors (Lipinski definition) is 5. The molecule has 7 heteroatoms. The minimum Gasteiger partial charge on any atom is -0.336 e. The smallest absolute Gasteiger partial charge is 0.276 e. The zero-order chi connectivity index (χ0) is 17.2. The summed E-state index contributed by atoms with van der Waals surface area (Å²) >= 11 is 0. The molecule has 1 atom stereocenters. The number of likely N-dealkylation sites (tertiary alicyclic amines) is 1. The maximum atomic E-state index is 12.8. The Hall–Kier alpha value is -2.25. The summed E-state index contributed by atoms with van der Waals surface area (Å²) in [4.78, 5) is 17.2. The Bertz CT molecular complexity index is 752. The van der Waals surface area contributed by atoms with Gasteiger partial charge in [0.2, 0.25) is 0 Å². The van der Waals surface area contributed by atoms with Gasteiger partial charge in [0.1, 0.15) is 0 Å². The van der Waals surface area contributed by atoms with E-state index in [9.17, 15) is 4.79 Å². The van der Waals surface area contributed by atoms with Crippen LogP contribution in [0.4, 0.5) is 0 Å². The first-order valence-electron chi connectivity index (χ1n) is 8.94. The summed E-state index contributed by atoms with van der Waals surface area (Å²) in [7, 11) is 0. The third-order valence-corrected chi connectivity index (χ3v) is 5.10. The third kappa shape index (κ3) is 3.43. The van der Waals surface area contributed by atoms with Crippen LogP contribution in [-0.4, -0.2) is 76.0 Å². The molecule has 2 aromatic rings. The number of hydrogen-bond donors (Lipinski definition) is 1. The van der Waals surface area contributed by atoms with Gasteiger partial charge in [-0.1, -0.05) is 17.3 Å². The van der Waals surface area contributed by atoms with Gasteiger partial charge in [-0.15, -0.1) is 5.10 Å². The highest BCUT2D eigenvalue weighted by Gasteiger charge is 2.32. The number of rotatable bonds is 3. The Kier molecular flexibility index (Phi) is 4.50. The molecule has 2 saturated heterocycles. The van der Waals surface area contributed by atoms with Crippen LogP contribution < -0.4 is 5.32 Å². The van der Waals surface area contributed by atoms with E-state index in [1.165, 1.54) is 0 Å². The summed E-state index contributed by atoms with van der Waals surface area (Å²) in [5, 5.41) is 11.6. The Balaban J connectivity index is 1.43. The first-order chi connectivity index (χ1) is 12.2. The van der Waals surface area contributed by atoms with Gasteiger partial charge in [0.25, 0.3) is 5.91 Å². The van der Waals surface area contributed by atoms with E-state index in [1.807, 2.05) is 36.1 Å². The lowest BCUT2D eigenvalue weighted by Crippen LogP contribution is -2.49. The Morgan fingerprint density at radius 3 is 2.88 bits per heavy atom. The molecule has 1 aromatic carbocycles. The predicted molar refractivity (Wildman–Crippen MR) is 94.8 cm³/mol. The lowest BCUT2D eigenvalue weighted by molar-refractivity contribution is 0.0767. The molecular weight excluding hydrogens is 316 g/mol. The largest absolute Gasteiger partial charge is 0.336 e. The van der Waals surface area contributed by atoms with Crippen LogP contribution in [-0.2, 0) is 0 Å². The molecule has 2 aliphatic heterocycles. The normalized spacial score (nSPS) is 21.6. The van der Waals surface area contributed by atoms with Crippen LogP contribution in [0.25, 0.3) is 5.69 Å². The second-order valence-corrected chi connectivity index (χ2v) is 6.87. The fourth-order valence-electron chi connectivity index (χ4n) is 3.69. The number of nitrogens with zero attached hydrogens (tertiary/aromatic N) is 5. The molecule has 1 amide bonds. The SMILES string of the molecule is Cc1cccc(-n2cc(C(=O)N3CCC(N4CCNCC4)C3)nn2)c1. The molecule has 0 radical (unpaired) electrons. The lowest BCUT2D eigenvalue weighted by Gasteiger charge is -2.32. The molecule has 3 heterocycles. The molecule has 0 saturated carbocycles. The van der Waals surface area contributed by atoms with Crippen molar-refractivity contribution < 1.29 is 4.79 Å². The zero-order valence-corrected chi connectivity index (χ0v) is 14.6. The van der Waals surface area contributed by atoms with E-state index in [4.69, 9.17) is 0 Å². The minimum atomic E-state index is -0.0171. The summed E-state index contributed by atoms with van der Waals surface area (Å²) < 4.78 is 1.67. The van der Waals surface area contributed by atoms with Gasteiger partial charge >= 0.3 is 0 Å². The number of amides is 1. The van der Waals surface area contributed by atoms with E-state index in [2.05, 4.69) is 20.5 Å². The molecule has 0 bridgehead atoms. The van der Waals surface area contributed by atoms with Crippen LogP contribution in [0.15, 0.2) is 30.5 Å². The van der Waals surface area contributed by atoms with E-state index < -0.39 is 0 Å². The summed E-state index contributed by atoms with van der Waals surface area (Å²) in [5.41, 5.74) is 2.49. The van der Waals surface area contributed by atoms with Crippen molar-refractivity contribution in [3.8, 4) is 5.69 Å². The molecule has 0 spiro atoms. The lowest BCUT2D eigenvalue weighted by atomic mass is 10.2. The van der Waals surface area contributed by atoms with E-state index in [-0.39, 0.29) is 5.91 Å². The van der Waals surface area contributed by atoms with Gasteiger partial charge in [0, 0.05) is 45.3 Å². The van der Waals surface area contributed by atoms with Gasteiger partial charge < -0.3 is 10.2 Å². The van der Waals surface area contributed by atoms with Crippen molar-refractivity contribution in [3.63, 3.8) is 0 Å². The molecule has 1 unspecified atom stereocenters. The monoisotopic (exact) mass is 340 g/mol. The standard InChI is InChI=1S/C18H24N6O/c1-14-3-2-4-15(11-14)24-13-17(20-21-24)18(25)23-8-5-16(12-23)22-9-6-19-7-10-22/h2-4,11,13,16,19H,5-10,12H2,1H3. The van der Waals surface area contributed by atoms with E-state index in [1.54, 1.807) is 10.9 Å². The van der Waals surface area contributed by atoms with Gasteiger partial charge in [0.15, 0.2) is 5.69 Å². The van der Waals surface area contributed by atoms with E-state index >= 15 is 0 Å². The molecule has 25 heavy (non-hydrogen) atoms. The summed E-state index contributed by atoms with van der Waals surface area (Å²) in [6, 6.07) is 8.48. The molecule has 7 nitrogen and oxygen atoms in total. The van der Waals surface area contributed by atoms with Gasteiger partial charge in [0.05, 0.1) is 11.9 Å². The number of aromatic nitrogens is 3. The van der Waals surface area contributed by atoms with Crippen LogP contribution in [0.3, 0.4) is 0 Å². The Morgan fingerprint density at radius 1 is 1.24 bits per heavy atom. The maximum absolute atomic E-state index is 12.8. The number of carbonyl (C=O) groups is 1. The van der Waals surface area contributed by atoms with Crippen LogP contribution in [0, 0.1) is 6.92 Å². The van der Waals surface area contributed by atoms with E-state index in [0.717, 1.165) is 56.9 Å². The Labute approximate surface area is 147 Å². The van der Waals surface area contributed by atoms with E-state index in [0.29, 0.717) is 11.7 Å². The van der Waals surface area contributed by atoms with Gasteiger partial charge in [-0.05, 0) is 31.0 Å². The highest BCUT2D eigenvalue weighted by molar-refractivity contribution is 5.92. The number of benzene rings is 1. The zero-order valence-electron chi connectivity index (χ0n) is 14.6. The van der Waals surface area contributed by atoms with Crippen molar-refractivity contribution in [3.05, 3.63) is 41.7 Å². The first kappa shape index (κ1) is 16.2. The molecule has 2 fully saturated rings. The summed E-state index contributed by atoms with van der Waals surface area (Å²) in [6.45, 7) is 7.82. The molecule has 2 aliphatic rings. The number of nitrogens with one attached hydrogen (secondary N) is 1. The summed E-state index contributed by atoms with van der Waals surface area (Å²) in [5.74, 6) is -0.0171. The predicted octanol–water partition coefficient (Wildman–Crippen LogP) is 0.695. The van der Waals surface area contributed by atoms with Crippen LogP contribution in [0.1, 0.15) is 22.5 Å². The highest BCUT2D eigenvalue weighted by atomic mass is 16.2. The third-order valence-electron chi connectivity index (χ3n) is 5.10. The van der Waals surface area contributed by atoms with Gasteiger partial charge in [-0.3, -0.25) is 9.69 Å². The molecule has 0 aliphatic carbocycles. The topological polar surface area (TPSA) is 66.3 Å². The van der Waals surface area contributed by atoms with Crippen LogP contribution in [0.2, 0.25) is 0 Å². The van der Waals surface area contributed by atoms with Crippen molar-refractivity contribution in [2.24, 2.45) is 0 Å². The van der Waals surface area contributed by atoms with Crippen molar-refractivity contribution in [1.29, 1.82) is 0 Å². The Morgan fingerprint density at radius 2 is 2.08 bits per heavy atom. The van der Waals surface area contributed by atoms with Crippen LogP contribution in [0.5, 0.6) is 0 Å². The van der Waals surface area contributed by atoms with Crippen LogP contribution >= 0.6 is 0 Å². The van der Waals surface area contributed by atoms with Crippen molar-refractivity contribution in [1.82, 2.24) is 30.1 Å². The number of aryl methyl sites for hydroxylation is 1. The van der Waals surface area contributed by atoms with Crippen molar-refractivity contribution >= 4 is 5.91 Å². The second-order valence-electron chi connectivity index (χ2n) is 6.87. The molecule has 1 aromatic heterocycles. The first-order valence-corrected chi connectivity index (χ1v) is 8.94. The molecular formula is C18H24N6O. The average Bonchev–Trinajstić information content (AvgIpc) is 3.32.